The maximum atomic E-state index is 12.4. The number of nitrogens with two attached hydrogens (primary N) is 1. The van der Waals surface area contributed by atoms with E-state index in [9.17, 15) is 8.42 Å². The molecule has 3 N–H and O–H groups in total. The number of aromatic nitrogens is 1. The Balaban J connectivity index is 2.39. The molecule has 0 aliphatic carbocycles. The molecule has 0 saturated heterocycles. The monoisotopic (exact) mass is 371 g/mol. The first-order chi connectivity index (χ1) is 9.92. The molecular formula is C13H14BrN3O3S. The molecule has 1 heterocycles. The molecule has 0 unspecified atom stereocenters. The molecule has 1 aromatic carbocycles. The number of halogens is 1. The predicted molar refractivity (Wildman–Crippen MR) is 84.8 cm³/mol. The summed E-state index contributed by atoms with van der Waals surface area (Å²) in [5.74, 6) is 0.458. The van der Waals surface area contributed by atoms with Crippen LogP contribution in [0.1, 0.15) is 6.92 Å². The third-order valence-corrected chi connectivity index (χ3v) is 4.37. The highest BCUT2D eigenvalue weighted by molar-refractivity contribution is 9.10. The lowest BCUT2D eigenvalue weighted by atomic mass is 10.3. The Kier molecular flexibility index (Phi) is 4.69. The number of hydrogen-bond donors (Lipinski definition) is 2. The summed E-state index contributed by atoms with van der Waals surface area (Å²) in [7, 11) is -3.83. The van der Waals surface area contributed by atoms with Gasteiger partial charge in [0.05, 0.1) is 6.61 Å². The fourth-order valence-corrected chi connectivity index (χ4v) is 3.06. The minimum Gasteiger partial charge on any atom is -0.492 e. The first-order valence-corrected chi connectivity index (χ1v) is 8.36. The quantitative estimate of drug-likeness (QED) is 0.787. The summed E-state index contributed by atoms with van der Waals surface area (Å²) in [4.78, 5) is 3.96. The smallest absolute Gasteiger partial charge is 0.266 e. The van der Waals surface area contributed by atoms with Gasteiger partial charge in [0.2, 0.25) is 0 Å². The Labute approximate surface area is 131 Å². The average molecular weight is 372 g/mol. The molecular weight excluding hydrogens is 358 g/mol. The van der Waals surface area contributed by atoms with E-state index in [0.29, 0.717) is 12.3 Å². The molecule has 0 radical (unpaired) electrons. The normalized spacial score (nSPS) is 11.1. The molecule has 0 bridgehead atoms. The van der Waals surface area contributed by atoms with E-state index in [1.165, 1.54) is 18.3 Å². The highest BCUT2D eigenvalue weighted by Crippen LogP contribution is 2.27. The zero-order valence-corrected chi connectivity index (χ0v) is 13.6. The van der Waals surface area contributed by atoms with Gasteiger partial charge >= 0.3 is 0 Å². The molecule has 0 fully saturated rings. The van der Waals surface area contributed by atoms with E-state index in [1.807, 2.05) is 0 Å². The first kappa shape index (κ1) is 15.6. The zero-order chi connectivity index (χ0) is 15.5. The van der Waals surface area contributed by atoms with Crippen molar-refractivity contribution in [1.29, 1.82) is 0 Å². The van der Waals surface area contributed by atoms with Gasteiger partial charge in [0.1, 0.15) is 16.5 Å². The van der Waals surface area contributed by atoms with Crippen molar-refractivity contribution in [2.24, 2.45) is 0 Å². The third-order valence-electron chi connectivity index (χ3n) is 2.52. The van der Waals surface area contributed by atoms with Gasteiger partial charge in [-0.15, -0.1) is 0 Å². The number of pyridine rings is 1. The Morgan fingerprint density at radius 3 is 2.71 bits per heavy atom. The summed E-state index contributed by atoms with van der Waals surface area (Å²) >= 11 is 3.24. The van der Waals surface area contributed by atoms with Crippen molar-refractivity contribution < 1.29 is 13.2 Å². The van der Waals surface area contributed by atoms with Crippen molar-refractivity contribution in [3.05, 3.63) is 41.0 Å². The molecule has 6 nitrogen and oxygen atoms in total. The topological polar surface area (TPSA) is 94.3 Å². The van der Waals surface area contributed by atoms with Crippen LogP contribution in [0.25, 0.3) is 0 Å². The molecule has 0 aliphatic heterocycles. The second-order valence-electron chi connectivity index (χ2n) is 4.11. The Bertz CT molecular complexity index is 733. The molecule has 0 spiro atoms. The van der Waals surface area contributed by atoms with Crippen LogP contribution in [0.15, 0.2) is 45.9 Å². The van der Waals surface area contributed by atoms with Crippen molar-refractivity contribution in [1.82, 2.24) is 4.98 Å². The van der Waals surface area contributed by atoms with Gasteiger partial charge < -0.3 is 10.5 Å². The Hall–Kier alpha value is -1.80. The molecule has 21 heavy (non-hydrogen) atoms. The highest BCUT2D eigenvalue weighted by Gasteiger charge is 2.20. The maximum absolute atomic E-state index is 12.4. The SMILES string of the molecule is CCOc1ccc(N)cc1S(=O)(=O)Nc1ccc(Br)cn1. The van der Waals surface area contributed by atoms with Crippen LogP contribution in [0, 0.1) is 0 Å². The van der Waals surface area contributed by atoms with Crippen LogP contribution in [0.3, 0.4) is 0 Å². The van der Waals surface area contributed by atoms with Gasteiger partial charge in [-0.1, -0.05) is 0 Å². The fraction of sp³-hybridized carbons (Fsp3) is 0.154. The van der Waals surface area contributed by atoms with Gasteiger partial charge in [-0.05, 0) is 53.2 Å². The van der Waals surface area contributed by atoms with Crippen molar-refractivity contribution in [3.63, 3.8) is 0 Å². The molecule has 2 rings (SSSR count). The Morgan fingerprint density at radius 2 is 2.10 bits per heavy atom. The van der Waals surface area contributed by atoms with Gasteiger partial charge in [0.15, 0.2) is 0 Å². The lowest BCUT2D eigenvalue weighted by Gasteiger charge is -2.12. The predicted octanol–water partition coefficient (Wildman–Crippen LogP) is 2.63. The summed E-state index contributed by atoms with van der Waals surface area (Å²) in [6, 6.07) is 7.71. The minimum atomic E-state index is -3.83. The van der Waals surface area contributed by atoms with Gasteiger partial charge in [-0.2, -0.15) is 0 Å². The van der Waals surface area contributed by atoms with Crippen LogP contribution < -0.4 is 15.2 Å². The third kappa shape index (κ3) is 3.85. The van der Waals surface area contributed by atoms with Crippen LogP contribution in [-0.4, -0.2) is 20.0 Å². The van der Waals surface area contributed by atoms with E-state index in [-0.39, 0.29) is 16.5 Å². The van der Waals surface area contributed by atoms with E-state index in [2.05, 4.69) is 25.6 Å². The lowest BCUT2D eigenvalue weighted by Crippen LogP contribution is -2.15. The maximum Gasteiger partial charge on any atom is 0.266 e. The van der Waals surface area contributed by atoms with Gasteiger partial charge in [-0.25, -0.2) is 13.4 Å². The largest absolute Gasteiger partial charge is 0.492 e. The molecule has 2 aromatic rings. The van der Waals surface area contributed by atoms with E-state index >= 15 is 0 Å². The van der Waals surface area contributed by atoms with Crippen molar-refractivity contribution >= 4 is 37.5 Å². The fourth-order valence-electron chi connectivity index (χ4n) is 1.64. The van der Waals surface area contributed by atoms with Crippen LogP contribution in [0.5, 0.6) is 5.75 Å². The van der Waals surface area contributed by atoms with E-state index in [0.717, 1.165) is 4.47 Å². The average Bonchev–Trinajstić information content (AvgIpc) is 2.43. The number of ether oxygens (including phenoxy) is 1. The summed E-state index contributed by atoms with van der Waals surface area (Å²) in [6.45, 7) is 2.12. The Morgan fingerprint density at radius 1 is 1.33 bits per heavy atom. The number of nitrogens with one attached hydrogen (secondary N) is 1. The van der Waals surface area contributed by atoms with Gasteiger partial charge in [-0.3, -0.25) is 4.72 Å². The molecule has 112 valence electrons. The zero-order valence-electron chi connectivity index (χ0n) is 11.2. The lowest BCUT2D eigenvalue weighted by molar-refractivity contribution is 0.331. The second-order valence-corrected chi connectivity index (χ2v) is 6.67. The summed E-state index contributed by atoms with van der Waals surface area (Å²) in [5, 5.41) is 0. The highest BCUT2D eigenvalue weighted by atomic mass is 79.9. The second kappa shape index (κ2) is 6.31. The van der Waals surface area contributed by atoms with Crippen molar-refractivity contribution in [2.75, 3.05) is 17.1 Å². The van der Waals surface area contributed by atoms with E-state index in [4.69, 9.17) is 10.5 Å². The standard InChI is InChI=1S/C13H14BrN3O3S/c1-2-20-11-5-4-10(15)7-12(11)21(18,19)17-13-6-3-9(14)8-16-13/h3-8H,2,15H2,1H3,(H,16,17). The number of benzene rings is 1. The van der Waals surface area contributed by atoms with Gasteiger partial charge in [0, 0.05) is 16.4 Å². The molecule has 0 amide bonds. The van der Waals surface area contributed by atoms with Crippen molar-refractivity contribution in [2.45, 2.75) is 11.8 Å². The van der Waals surface area contributed by atoms with Crippen LogP contribution in [-0.2, 0) is 10.0 Å². The number of hydrogen-bond acceptors (Lipinski definition) is 5. The number of sulfonamides is 1. The molecule has 1 aromatic heterocycles. The van der Waals surface area contributed by atoms with Crippen LogP contribution in [0.4, 0.5) is 11.5 Å². The van der Waals surface area contributed by atoms with Crippen LogP contribution >= 0.6 is 15.9 Å². The molecule has 0 saturated carbocycles. The van der Waals surface area contributed by atoms with Crippen molar-refractivity contribution in [3.8, 4) is 5.75 Å². The first-order valence-electron chi connectivity index (χ1n) is 6.09. The summed E-state index contributed by atoms with van der Waals surface area (Å²) < 4.78 is 33.4. The molecule has 8 heteroatoms. The molecule has 0 atom stereocenters. The summed E-state index contributed by atoms with van der Waals surface area (Å²) in [5.41, 5.74) is 6.00. The number of anilines is 2. The molecule has 0 aliphatic rings. The minimum absolute atomic E-state index is 0.0194. The van der Waals surface area contributed by atoms with Crippen LogP contribution in [0.2, 0.25) is 0 Å². The number of rotatable bonds is 5. The van der Waals surface area contributed by atoms with E-state index < -0.39 is 10.0 Å². The van der Waals surface area contributed by atoms with E-state index in [1.54, 1.807) is 25.1 Å². The summed E-state index contributed by atoms with van der Waals surface area (Å²) in [6.07, 6.45) is 1.50. The van der Waals surface area contributed by atoms with Gasteiger partial charge in [0.25, 0.3) is 10.0 Å². The number of nitrogens with zero attached hydrogens (tertiary/aromatic N) is 1. The number of nitrogen functional groups attached to an aromatic ring is 1.